The predicted molar refractivity (Wildman–Crippen MR) is 127 cm³/mol. The summed E-state index contributed by atoms with van der Waals surface area (Å²) >= 11 is 0. The maximum atomic E-state index is 5.91. The number of benzene rings is 2. The van der Waals surface area contributed by atoms with Crippen molar-refractivity contribution in [3.8, 4) is 11.1 Å². The fourth-order valence-electron chi connectivity index (χ4n) is 7.85. The Hall–Kier alpha value is -2.54. The Kier molecular flexibility index (Phi) is 3.78. The molecule has 0 N–H and O–H groups in total. The van der Waals surface area contributed by atoms with Crippen molar-refractivity contribution in [3.63, 3.8) is 0 Å². The molecule has 0 amide bonds. The zero-order chi connectivity index (χ0) is 20.6. The van der Waals surface area contributed by atoms with E-state index >= 15 is 0 Å². The van der Waals surface area contributed by atoms with Crippen molar-refractivity contribution in [1.29, 1.82) is 0 Å². The molecule has 4 bridgehead atoms. The van der Waals surface area contributed by atoms with Gasteiger partial charge in [-0.1, -0.05) is 42.5 Å². The summed E-state index contributed by atoms with van der Waals surface area (Å²) in [5, 5.41) is 0. The second-order valence-electron chi connectivity index (χ2n) is 10.9. The van der Waals surface area contributed by atoms with Gasteiger partial charge in [-0.15, -0.1) is 0 Å². The van der Waals surface area contributed by atoms with Crippen LogP contribution in [0.15, 0.2) is 59.0 Å². The Balaban J connectivity index is 1.23. The second-order valence-corrected chi connectivity index (χ2v) is 10.9. The van der Waals surface area contributed by atoms with Gasteiger partial charge in [0.05, 0.1) is 0 Å². The van der Waals surface area contributed by atoms with Crippen LogP contribution in [0, 0.1) is 24.7 Å². The van der Waals surface area contributed by atoms with Crippen molar-refractivity contribution in [3.05, 3.63) is 82.8 Å². The maximum absolute atomic E-state index is 5.91. The largest absolute Gasteiger partial charge is 0.462 e. The average molecular weight is 407 g/mol. The lowest BCUT2D eigenvalue weighted by atomic mass is 9.48. The normalized spacial score (nSPS) is 30.5. The van der Waals surface area contributed by atoms with Gasteiger partial charge in [0.2, 0.25) is 0 Å². The Labute approximate surface area is 185 Å². The lowest BCUT2D eigenvalue weighted by molar-refractivity contribution is -0.00518. The first-order chi connectivity index (χ1) is 15.1. The molecule has 4 saturated carbocycles. The van der Waals surface area contributed by atoms with Crippen LogP contribution in [-0.2, 0) is 11.8 Å². The van der Waals surface area contributed by atoms with Crippen LogP contribution in [0.3, 0.4) is 0 Å². The number of furan rings is 1. The molecule has 8 rings (SSSR count). The van der Waals surface area contributed by atoms with Crippen LogP contribution in [0.4, 0.5) is 0 Å². The van der Waals surface area contributed by atoms with Gasteiger partial charge in [-0.2, -0.15) is 0 Å². The predicted octanol–water partition coefficient (Wildman–Crippen LogP) is 7.82. The molecule has 0 aliphatic heterocycles. The Morgan fingerprint density at radius 3 is 2.16 bits per heavy atom. The van der Waals surface area contributed by atoms with E-state index in [1.54, 1.807) is 5.56 Å². The zero-order valence-corrected chi connectivity index (χ0v) is 18.4. The van der Waals surface area contributed by atoms with Crippen molar-refractivity contribution >= 4 is 11.6 Å². The third kappa shape index (κ3) is 2.82. The molecule has 0 spiro atoms. The van der Waals surface area contributed by atoms with Crippen LogP contribution in [0.2, 0.25) is 0 Å². The highest BCUT2D eigenvalue weighted by atomic mass is 16.3. The third-order valence-corrected chi connectivity index (χ3v) is 8.80. The maximum Gasteiger partial charge on any atom is 0.130 e. The van der Waals surface area contributed by atoms with Gasteiger partial charge in [-0.3, -0.25) is 0 Å². The summed E-state index contributed by atoms with van der Waals surface area (Å²) in [5.74, 6) is 4.98. The molecule has 1 heterocycles. The van der Waals surface area contributed by atoms with Crippen LogP contribution in [0.25, 0.3) is 22.8 Å². The van der Waals surface area contributed by atoms with Crippen LogP contribution in [-0.4, -0.2) is 0 Å². The van der Waals surface area contributed by atoms with Crippen molar-refractivity contribution in [2.45, 2.75) is 57.3 Å². The summed E-state index contributed by atoms with van der Waals surface area (Å²) in [6.45, 7) is 2.02. The van der Waals surface area contributed by atoms with E-state index in [0.717, 1.165) is 35.7 Å². The van der Waals surface area contributed by atoms with Gasteiger partial charge >= 0.3 is 0 Å². The van der Waals surface area contributed by atoms with Gasteiger partial charge < -0.3 is 4.42 Å². The smallest absolute Gasteiger partial charge is 0.130 e. The van der Waals surface area contributed by atoms with Crippen LogP contribution < -0.4 is 0 Å². The molecule has 1 nitrogen and oxygen atoms in total. The van der Waals surface area contributed by atoms with Crippen molar-refractivity contribution in [2.75, 3.05) is 0 Å². The first-order valence-electron chi connectivity index (χ1n) is 12.2. The monoisotopic (exact) mass is 406 g/mol. The fraction of sp³-hybridized carbons (Fsp3) is 0.400. The Morgan fingerprint density at radius 1 is 0.806 bits per heavy atom. The fourth-order valence-corrected chi connectivity index (χ4v) is 7.85. The summed E-state index contributed by atoms with van der Waals surface area (Å²) < 4.78 is 5.91. The highest BCUT2D eigenvalue weighted by molar-refractivity contribution is 5.92. The molecular formula is C30H30O. The summed E-state index contributed by atoms with van der Waals surface area (Å²) in [4.78, 5) is 0. The highest BCUT2D eigenvalue weighted by Crippen LogP contribution is 2.60. The number of rotatable bonds is 3. The summed E-state index contributed by atoms with van der Waals surface area (Å²) in [6, 6.07) is 20.7. The molecule has 5 aliphatic carbocycles. The van der Waals surface area contributed by atoms with E-state index in [-0.39, 0.29) is 0 Å². The number of allylic oxidation sites excluding steroid dienone is 1. The lowest BCUT2D eigenvalue weighted by Crippen LogP contribution is -2.48. The molecule has 31 heavy (non-hydrogen) atoms. The van der Waals surface area contributed by atoms with Crippen LogP contribution >= 0.6 is 0 Å². The SMILES string of the molecule is Cc1ccc(C2=Cc3c(cccc3-c3ccc(C45CC6CC(CC(C6)C4)C5)cc3)C2)o1. The number of fused-ring (bicyclic) bond motifs is 1. The summed E-state index contributed by atoms with van der Waals surface area (Å²) in [6.07, 6.45) is 12.2. The topological polar surface area (TPSA) is 13.1 Å². The number of hydrogen-bond acceptors (Lipinski definition) is 1. The van der Waals surface area contributed by atoms with E-state index in [2.05, 4.69) is 60.7 Å². The molecule has 4 fully saturated rings. The minimum atomic E-state index is 0.482. The average Bonchev–Trinajstić information content (AvgIpc) is 3.39. The van der Waals surface area contributed by atoms with E-state index in [1.807, 2.05) is 6.92 Å². The Bertz CT molecular complexity index is 1150. The van der Waals surface area contributed by atoms with E-state index in [1.165, 1.54) is 66.4 Å². The van der Waals surface area contributed by atoms with Gasteiger partial charge in [-0.25, -0.2) is 0 Å². The standard InChI is InChI=1S/C30H30O/c1-19-5-10-29(31-19)25-14-24-3-2-4-27(28(24)15-25)23-6-8-26(9-7-23)30-16-20-11-21(17-30)13-22(12-20)18-30/h2-10,15,20-22H,11-14,16-18H2,1H3. The first-order valence-corrected chi connectivity index (χ1v) is 12.2. The molecule has 0 radical (unpaired) electrons. The van der Waals surface area contributed by atoms with E-state index in [0.29, 0.717) is 5.41 Å². The minimum Gasteiger partial charge on any atom is -0.462 e. The number of hydrogen-bond donors (Lipinski definition) is 0. The van der Waals surface area contributed by atoms with Crippen molar-refractivity contribution in [1.82, 2.24) is 0 Å². The quantitative estimate of drug-likeness (QED) is 0.432. The second kappa shape index (κ2) is 6.48. The molecular weight excluding hydrogens is 376 g/mol. The van der Waals surface area contributed by atoms with Gasteiger partial charge in [0.25, 0.3) is 0 Å². The zero-order valence-electron chi connectivity index (χ0n) is 18.4. The van der Waals surface area contributed by atoms with Crippen LogP contribution in [0.5, 0.6) is 0 Å². The summed E-state index contributed by atoms with van der Waals surface area (Å²) in [5.41, 5.74) is 8.87. The Morgan fingerprint density at radius 2 is 1.52 bits per heavy atom. The van der Waals surface area contributed by atoms with Gasteiger partial charge in [-0.05, 0) is 120 Å². The molecule has 0 saturated heterocycles. The van der Waals surface area contributed by atoms with Gasteiger partial charge in [0, 0.05) is 6.42 Å². The van der Waals surface area contributed by atoms with Gasteiger partial charge in [0.15, 0.2) is 0 Å². The molecule has 5 aliphatic rings. The van der Waals surface area contributed by atoms with E-state index in [4.69, 9.17) is 4.42 Å². The van der Waals surface area contributed by atoms with E-state index < -0.39 is 0 Å². The highest BCUT2D eigenvalue weighted by Gasteiger charge is 2.51. The molecule has 156 valence electrons. The third-order valence-electron chi connectivity index (χ3n) is 8.80. The van der Waals surface area contributed by atoms with E-state index in [9.17, 15) is 0 Å². The van der Waals surface area contributed by atoms with Gasteiger partial charge in [0.1, 0.15) is 11.5 Å². The van der Waals surface area contributed by atoms with Crippen molar-refractivity contribution < 1.29 is 4.42 Å². The lowest BCUT2D eigenvalue weighted by Gasteiger charge is -2.57. The number of aryl methyl sites for hydroxylation is 1. The molecule has 0 unspecified atom stereocenters. The van der Waals surface area contributed by atoms with Crippen molar-refractivity contribution in [2.24, 2.45) is 17.8 Å². The molecule has 3 aromatic rings. The molecule has 2 aromatic carbocycles. The molecule has 0 atom stereocenters. The minimum absolute atomic E-state index is 0.482. The van der Waals surface area contributed by atoms with Crippen LogP contribution in [0.1, 0.15) is 66.7 Å². The summed E-state index contributed by atoms with van der Waals surface area (Å²) in [7, 11) is 0. The first kappa shape index (κ1) is 18.1. The molecule has 1 aromatic heterocycles. The molecule has 1 heteroatoms.